The maximum atomic E-state index is 13.5. The van der Waals surface area contributed by atoms with Crippen LogP contribution < -0.4 is 0 Å². The average molecular weight is 253 g/mol. The summed E-state index contributed by atoms with van der Waals surface area (Å²) in [5, 5.41) is 18.3. The van der Waals surface area contributed by atoms with Gasteiger partial charge in [0.15, 0.2) is 0 Å². The van der Waals surface area contributed by atoms with Crippen molar-refractivity contribution in [3.63, 3.8) is 0 Å². The number of phenols is 1. The molecule has 2 rings (SSSR count). The number of hydrogen-bond acceptors (Lipinski definition) is 3. The number of hydrogen-bond donors (Lipinski definition) is 2. The molecule has 1 aliphatic rings. The molecule has 0 heterocycles. The first-order chi connectivity index (χ1) is 8.50. The molecule has 1 amide bonds. The highest BCUT2D eigenvalue weighted by molar-refractivity contribution is 5.98. The van der Waals surface area contributed by atoms with E-state index in [1.54, 1.807) is 0 Å². The van der Waals surface area contributed by atoms with Gasteiger partial charge in [-0.15, -0.1) is 0 Å². The van der Waals surface area contributed by atoms with E-state index in [4.69, 9.17) is 5.11 Å². The number of nitrogens with zero attached hydrogens (tertiary/aromatic N) is 1. The number of aliphatic carboxylic acids is 1. The van der Waals surface area contributed by atoms with Gasteiger partial charge in [-0.25, -0.2) is 4.39 Å². The van der Waals surface area contributed by atoms with E-state index in [-0.39, 0.29) is 6.04 Å². The monoisotopic (exact) mass is 253 g/mol. The lowest BCUT2D eigenvalue weighted by molar-refractivity contribution is -0.137. The lowest BCUT2D eigenvalue weighted by Gasteiger charge is -2.20. The van der Waals surface area contributed by atoms with Gasteiger partial charge < -0.3 is 15.1 Å². The third-order valence-corrected chi connectivity index (χ3v) is 2.76. The maximum Gasteiger partial charge on any atom is 0.323 e. The van der Waals surface area contributed by atoms with Crippen LogP contribution in [-0.4, -0.2) is 39.6 Å². The van der Waals surface area contributed by atoms with Crippen LogP contribution >= 0.6 is 0 Å². The van der Waals surface area contributed by atoms with Gasteiger partial charge in [-0.1, -0.05) is 6.07 Å². The topological polar surface area (TPSA) is 77.8 Å². The zero-order valence-corrected chi connectivity index (χ0v) is 9.47. The second-order valence-electron chi connectivity index (χ2n) is 4.19. The first-order valence-corrected chi connectivity index (χ1v) is 5.51. The number of benzene rings is 1. The van der Waals surface area contributed by atoms with Gasteiger partial charge in [-0.2, -0.15) is 0 Å². The van der Waals surface area contributed by atoms with Crippen LogP contribution in [0, 0.1) is 5.82 Å². The van der Waals surface area contributed by atoms with Gasteiger partial charge in [-0.05, 0) is 25.0 Å². The predicted molar refractivity (Wildman–Crippen MR) is 59.8 cm³/mol. The van der Waals surface area contributed by atoms with Crippen molar-refractivity contribution in [2.45, 2.75) is 18.9 Å². The lowest BCUT2D eigenvalue weighted by Crippen LogP contribution is -2.37. The van der Waals surface area contributed by atoms with Crippen molar-refractivity contribution in [2.24, 2.45) is 0 Å². The lowest BCUT2D eigenvalue weighted by atomic mass is 10.1. The van der Waals surface area contributed by atoms with Crippen LogP contribution in [0.2, 0.25) is 0 Å². The molecule has 0 radical (unpaired) electrons. The average Bonchev–Trinajstić information content (AvgIpc) is 3.09. The van der Waals surface area contributed by atoms with Crippen molar-refractivity contribution in [3.8, 4) is 5.75 Å². The van der Waals surface area contributed by atoms with Gasteiger partial charge in [0.1, 0.15) is 23.7 Å². The molecule has 0 aliphatic heterocycles. The SMILES string of the molecule is O=C(O)CN(C(=O)c1c(O)cccc1F)C1CC1. The summed E-state index contributed by atoms with van der Waals surface area (Å²) >= 11 is 0. The van der Waals surface area contributed by atoms with Crippen molar-refractivity contribution in [1.82, 2.24) is 4.90 Å². The third kappa shape index (κ3) is 2.42. The molecule has 5 nitrogen and oxygen atoms in total. The standard InChI is InChI=1S/C12H12FNO4/c13-8-2-1-3-9(15)11(8)12(18)14(6-10(16)17)7-4-5-7/h1-3,7,15H,4-6H2,(H,16,17). The first-order valence-electron chi connectivity index (χ1n) is 5.51. The fourth-order valence-electron chi connectivity index (χ4n) is 1.77. The zero-order chi connectivity index (χ0) is 13.3. The van der Waals surface area contributed by atoms with Crippen molar-refractivity contribution in [2.75, 3.05) is 6.54 Å². The van der Waals surface area contributed by atoms with Gasteiger partial charge in [0, 0.05) is 6.04 Å². The van der Waals surface area contributed by atoms with E-state index in [1.807, 2.05) is 0 Å². The van der Waals surface area contributed by atoms with Crippen LogP contribution in [0.5, 0.6) is 5.75 Å². The Labute approximate surface area is 102 Å². The van der Waals surface area contributed by atoms with Crippen LogP contribution in [0.3, 0.4) is 0 Å². The molecular formula is C12H12FNO4. The van der Waals surface area contributed by atoms with Crippen LogP contribution in [0.1, 0.15) is 23.2 Å². The Hall–Kier alpha value is -2.11. The minimum Gasteiger partial charge on any atom is -0.507 e. The molecular weight excluding hydrogens is 241 g/mol. The van der Waals surface area contributed by atoms with E-state index in [9.17, 15) is 19.1 Å². The smallest absolute Gasteiger partial charge is 0.323 e. The molecule has 0 unspecified atom stereocenters. The molecule has 0 saturated heterocycles. The largest absolute Gasteiger partial charge is 0.507 e. The number of halogens is 1. The molecule has 0 bridgehead atoms. The summed E-state index contributed by atoms with van der Waals surface area (Å²) in [5.74, 6) is -3.27. The number of phenolic OH excluding ortho intramolecular Hbond substituents is 1. The number of amides is 1. The van der Waals surface area contributed by atoms with E-state index in [2.05, 4.69) is 0 Å². The Morgan fingerprint density at radius 2 is 2.06 bits per heavy atom. The van der Waals surface area contributed by atoms with Gasteiger partial charge in [0.05, 0.1) is 0 Å². The molecule has 1 saturated carbocycles. The van der Waals surface area contributed by atoms with E-state index < -0.39 is 35.6 Å². The summed E-state index contributed by atoms with van der Waals surface area (Å²) in [6.45, 7) is -0.489. The Bertz CT molecular complexity index is 479. The molecule has 0 atom stereocenters. The molecule has 1 aromatic carbocycles. The quantitative estimate of drug-likeness (QED) is 0.845. The second kappa shape index (κ2) is 4.64. The number of carboxylic acid groups (broad SMARTS) is 1. The summed E-state index contributed by atoms with van der Waals surface area (Å²) in [4.78, 5) is 23.8. The van der Waals surface area contributed by atoms with E-state index in [0.29, 0.717) is 12.8 Å². The predicted octanol–water partition coefficient (Wildman–Crippen LogP) is 1.22. The van der Waals surface area contributed by atoms with Gasteiger partial charge in [0.25, 0.3) is 5.91 Å². The highest BCUT2D eigenvalue weighted by Gasteiger charge is 2.36. The molecule has 0 spiro atoms. The normalized spacial score (nSPS) is 14.3. The fourth-order valence-corrected chi connectivity index (χ4v) is 1.77. The van der Waals surface area contributed by atoms with Crippen LogP contribution in [-0.2, 0) is 4.79 Å². The zero-order valence-electron chi connectivity index (χ0n) is 9.47. The molecule has 1 aliphatic carbocycles. The van der Waals surface area contributed by atoms with E-state index in [0.717, 1.165) is 11.0 Å². The second-order valence-corrected chi connectivity index (χ2v) is 4.19. The molecule has 0 aromatic heterocycles. The van der Waals surface area contributed by atoms with E-state index in [1.165, 1.54) is 12.1 Å². The highest BCUT2D eigenvalue weighted by atomic mass is 19.1. The maximum absolute atomic E-state index is 13.5. The Morgan fingerprint density at radius 1 is 1.39 bits per heavy atom. The number of carbonyl (C=O) groups is 2. The summed E-state index contributed by atoms with van der Waals surface area (Å²) in [5.41, 5.74) is -0.467. The molecule has 6 heteroatoms. The molecule has 1 fully saturated rings. The molecule has 96 valence electrons. The number of aromatic hydroxyl groups is 1. The van der Waals surface area contributed by atoms with Crippen molar-refractivity contribution < 1.29 is 24.2 Å². The Kier molecular flexibility index (Phi) is 3.18. The molecule has 18 heavy (non-hydrogen) atoms. The third-order valence-electron chi connectivity index (χ3n) is 2.76. The summed E-state index contributed by atoms with van der Waals surface area (Å²) in [6.07, 6.45) is 1.41. The molecule has 1 aromatic rings. The minimum absolute atomic E-state index is 0.174. The number of carbonyl (C=O) groups excluding carboxylic acids is 1. The first kappa shape index (κ1) is 12.3. The number of carboxylic acids is 1. The fraction of sp³-hybridized carbons (Fsp3) is 0.333. The van der Waals surface area contributed by atoms with Crippen molar-refractivity contribution in [3.05, 3.63) is 29.6 Å². The summed E-state index contributed by atoms with van der Waals surface area (Å²) < 4.78 is 13.5. The molecule has 2 N–H and O–H groups in total. The van der Waals surface area contributed by atoms with Gasteiger partial charge >= 0.3 is 5.97 Å². The van der Waals surface area contributed by atoms with Crippen LogP contribution in [0.15, 0.2) is 18.2 Å². The summed E-state index contributed by atoms with van der Waals surface area (Å²) in [6, 6.07) is 3.36. The number of rotatable bonds is 4. The van der Waals surface area contributed by atoms with E-state index >= 15 is 0 Å². The van der Waals surface area contributed by atoms with Crippen LogP contribution in [0.25, 0.3) is 0 Å². The highest BCUT2D eigenvalue weighted by Crippen LogP contribution is 2.30. The van der Waals surface area contributed by atoms with Crippen LogP contribution in [0.4, 0.5) is 4.39 Å². The Morgan fingerprint density at radius 3 is 2.56 bits per heavy atom. The summed E-state index contributed by atoms with van der Waals surface area (Å²) in [7, 11) is 0. The van der Waals surface area contributed by atoms with Crippen molar-refractivity contribution >= 4 is 11.9 Å². The van der Waals surface area contributed by atoms with Gasteiger partial charge in [-0.3, -0.25) is 9.59 Å². The van der Waals surface area contributed by atoms with Crippen molar-refractivity contribution in [1.29, 1.82) is 0 Å². The Balaban J connectivity index is 2.30. The van der Waals surface area contributed by atoms with Gasteiger partial charge in [0.2, 0.25) is 0 Å². The minimum atomic E-state index is -1.16.